The lowest BCUT2D eigenvalue weighted by molar-refractivity contribution is -0.116. The Labute approximate surface area is 148 Å². The zero-order valence-electron chi connectivity index (χ0n) is 13.7. The Balaban J connectivity index is 1.53. The van der Waals surface area contributed by atoms with Crippen molar-refractivity contribution in [2.45, 2.75) is 18.5 Å². The van der Waals surface area contributed by atoms with Crippen molar-refractivity contribution in [2.75, 3.05) is 17.2 Å². The molecule has 0 bridgehead atoms. The highest BCUT2D eigenvalue weighted by molar-refractivity contribution is 7.99. The summed E-state index contributed by atoms with van der Waals surface area (Å²) in [5, 5.41) is 0.330. The van der Waals surface area contributed by atoms with E-state index in [0.717, 1.165) is 17.7 Å². The van der Waals surface area contributed by atoms with E-state index in [1.54, 1.807) is 11.1 Å². The Bertz CT molecular complexity index is 1030. The molecule has 2 aromatic heterocycles. The average Bonchev–Trinajstić information content (AvgIpc) is 3.03. The number of pyridine rings is 1. The van der Waals surface area contributed by atoms with Crippen LogP contribution in [0, 0.1) is 6.92 Å². The molecule has 1 aliphatic rings. The van der Waals surface area contributed by atoms with Crippen LogP contribution in [0.4, 0.5) is 5.69 Å². The third-order valence-electron chi connectivity index (χ3n) is 4.21. The number of carbonyl (C=O) groups is 1. The molecule has 3 heterocycles. The number of aryl methyl sites for hydroxylation is 1. The summed E-state index contributed by atoms with van der Waals surface area (Å²) in [5.41, 5.74) is 3.34. The summed E-state index contributed by atoms with van der Waals surface area (Å²) in [4.78, 5) is 34.8. The number of rotatable bonds is 3. The maximum Gasteiger partial charge on any atom is 0.355 e. The number of aromatic nitrogens is 3. The molecule has 4 rings (SSSR count). The molecule has 1 aliphatic heterocycles. The molecule has 0 N–H and O–H groups in total. The Morgan fingerprint density at radius 3 is 2.96 bits per heavy atom. The fourth-order valence-corrected chi connectivity index (χ4v) is 3.67. The molecule has 0 radical (unpaired) electrons. The van der Waals surface area contributed by atoms with Gasteiger partial charge in [0.15, 0.2) is 5.16 Å². The van der Waals surface area contributed by atoms with Crippen LogP contribution in [0.25, 0.3) is 5.65 Å². The van der Waals surface area contributed by atoms with Gasteiger partial charge in [0.1, 0.15) is 5.65 Å². The molecule has 0 saturated heterocycles. The lowest BCUT2D eigenvalue weighted by Gasteiger charge is -2.16. The van der Waals surface area contributed by atoms with Crippen molar-refractivity contribution in [3.63, 3.8) is 0 Å². The largest absolute Gasteiger partial charge is 0.355 e. The van der Waals surface area contributed by atoms with Crippen molar-refractivity contribution in [1.29, 1.82) is 0 Å². The van der Waals surface area contributed by atoms with Crippen LogP contribution in [-0.4, -0.2) is 32.6 Å². The summed E-state index contributed by atoms with van der Waals surface area (Å²) in [5.74, 6) is 0.207. The summed E-state index contributed by atoms with van der Waals surface area (Å²) in [6.45, 7) is 2.63. The standard InChI is InChI=1S/C18H16N4O2S/c1-12-6-8-22-15(10-12)19-17(20-18(22)24)25-11-16(23)21-9-7-13-4-2-3-5-14(13)21/h2-6,8,10H,7,9,11H2,1H3. The van der Waals surface area contributed by atoms with Gasteiger partial charge in [-0.15, -0.1) is 0 Å². The Morgan fingerprint density at radius 1 is 1.24 bits per heavy atom. The van der Waals surface area contributed by atoms with Gasteiger partial charge in [-0.05, 0) is 42.7 Å². The molecule has 0 spiro atoms. The van der Waals surface area contributed by atoms with Crippen LogP contribution in [-0.2, 0) is 11.2 Å². The number of fused-ring (bicyclic) bond motifs is 2. The highest BCUT2D eigenvalue weighted by atomic mass is 32.2. The molecule has 126 valence electrons. The molecule has 0 fully saturated rings. The predicted molar refractivity (Wildman–Crippen MR) is 97.2 cm³/mol. The average molecular weight is 352 g/mol. The first kappa shape index (κ1) is 15.8. The van der Waals surface area contributed by atoms with Gasteiger partial charge in [0, 0.05) is 18.4 Å². The van der Waals surface area contributed by atoms with Crippen molar-refractivity contribution < 1.29 is 4.79 Å². The van der Waals surface area contributed by atoms with Crippen LogP contribution < -0.4 is 10.6 Å². The van der Waals surface area contributed by atoms with Gasteiger partial charge in [-0.2, -0.15) is 4.98 Å². The van der Waals surface area contributed by atoms with E-state index in [-0.39, 0.29) is 17.3 Å². The maximum absolute atomic E-state index is 12.6. The molecule has 1 aromatic carbocycles. The van der Waals surface area contributed by atoms with Crippen molar-refractivity contribution in [3.8, 4) is 0 Å². The quantitative estimate of drug-likeness (QED) is 0.675. The van der Waals surface area contributed by atoms with E-state index in [4.69, 9.17) is 0 Å². The number of thioether (sulfide) groups is 1. The number of para-hydroxylation sites is 1. The monoisotopic (exact) mass is 352 g/mol. The van der Waals surface area contributed by atoms with E-state index >= 15 is 0 Å². The minimum atomic E-state index is -0.383. The number of nitrogens with zero attached hydrogens (tertiary/aromatic N) is 4. The number of anilines is 1. The molecule has 1 amide bonds. The first-order valence-electron chi connectivity index (χ1n) is 8.00. The van der Waals surface area contributed by atoms with Gasteiger partial charge in [0.05, 0.1) is 5.75 Å². The number of hydrogen-bond donors (Lipinski definition) is 0. The van der Waals surface area contributed by atoms with Crippen LogP contribution in [0.15, 0.2) is 52.5 Å². The SMILES string of the molecule is Cc1ccn2c(=O)nc(SCC(=O)N3CCc4ccccc43)nc2c1. The molecule has 7 heteroatoms. The minimum absolute atomic E-state index is 0.00277. The molecule has 3 aromatic rings. The van der Waals surface area contributed by atoms with Crippen LogP contribution in [0.3, 0.4) is 0 Å². The van der Waals surface area contributed by atoms with E-state index in [2.05, 4.69) is 9.97 Å². The van der Waals surface area contributed by atoms with Crippen molar-refractivity contribution in [2.24, 2.45) is 0 Å². The van der Waals surface area contributed by atoms with E-state index < -0.39 is 0 Å². The zero-order valence-corrected chi connectivity index (χ0v) is 14.5. The Kier molecular flexibility index (Phi) is 4.01. The Hall–Kier alpha value is -2.67. The van der Waals surface area contributed by atoms with Crippen LogP contribution in [0.2, 0.25) is 0 Å². The van der Waals surface area contributed by atoms with Crippen LogP contribution in [0.1, 0.15) is 11.1 Å². The van der Waals surface area contributed by atoms with Gasteiger partial charge in [-0.1, -0.05) is 30.0 Å². The van der Waals surface area contributed by atoms with Gasteiger partial charge < -0.3 is 4.90 Å². The van der Waals surface area contributed by atoms with Crippen LogP contribution in [0.5, 0.6) is 0 Å². The van der Waals surface area contributed by atoms with E-state index in [0.29, 0.717) is 17.3 Å². The fourth-order valence-electron chi connectivity index (χ4n) is 2.96. The maximum atomic E-state index is 12.6. The predicted octanol–water partition coefficient (Wildman–Crippen LogP) is 2.08. The lowest BCUT2D eigenvalue weighted by Crippen LogP contribution is -2.30. The van der Waals surface area contributed by atoms with Crippen molar-refractivity contribution in [1.82, 2.24) is 14.4 Å². The number of hydrogen-bond acceptors (Lipinski definition) is 5. The van der Waals surface area contributed by atoms with Gasteiger partial charge in [0.2, 0.25) is 5.91 Å². The molecule has 25 heavy (non-hydrogen) atoms. The van der Waals surface area contributed by atoms with E-state index in [1.807, 2.05) is 43.3 Å². The summed E-state index contributed by atoms with van der Waals surface area (Å²) < 4.78 is 1.40. The normalized spacial score (nSPS) is 13.2. The summed E-state index contributed by atoms with van der Waals surface area (Å²) in [7, 11) is 0. The fraction of sp³-hybridized carbons (Fsp3) is 0.222. The smallest absolute Gasteiger partial charge is 0.311 e. The topological polar surface area (TPSA) is 67.6 Å². The van der Waals surface area contributed by atoms with Gasteiger partial charge in [-0.3, -0.25) is 9.20 Å². The summed E-state index contributed by atoms with van der Waals surface area (Å²) >= 11 is 1.20. The molecular weight excluding hydrogens is 336 g/mol. The van der Waals surface area contributed by atoms with Crippen molar-refractivity contribution >= 4 is 29.0 Å². The highest BCUT2D eigenvalue weighted by Crippen LogP contribution is 2.28. The summed E-state index contributed by atoms with van der Waals surface area (Å²) in [6.07, 6.45) is 2.54. The Morgan fingerprint density at radius 2 is 2.08 bits per heavy atom. The molecule has 6 nitrogen and oxygen atoms in total. The van der Waals surface area contributed by atoms with Gasteiger partial charge >= 0.3 is 5.69 Å². The van der Waals surface area contributed by atoms with Gasteiger partial charge in [0.25, 0.3) is 0 Å². The van der Waals surface area contributed by atoms with Crippen LogP contribution >= 0.6 is 11.8 Å². The molecule has 0 aliphatic carbocycles. The second-order valence-corrected chi connectivity index (χ2v) is 6.88. The van der Waals surface area contributed by atoms with E-state index in [1.165, 1.54) is 21.7 Å². The second kappa shape index (κ2) is 6.33. The first-order chi connectivity index (χ1) is 12.1. The molecule has 0 saturated carbocycles. The number of amides is 1. The summed E-state index contributed by atoms with van der Waals surface area (Å²) in [6, 6.07) is 11.6. The number of carbonyl (C=O) groups excluding carboxylic acids is 1. The van der Waals surface area contributed by atoms with Gasteiger partial charge in [-0.25, -0.2) is 9.78 Å². The highest BCUT2D eigenvalue weighted by Gasteiger charge is 2.24. The first-order valence-corrected chi connectivity index (χ1v) is 8.98. The van der Waals surface area contributed by atoms with E-state index in [9.17, 15) is 9.59 Å². The molecular formula is C18H16N4O2S. The minimum Gasteiger partial charge on any atom is -0.311 e. The van der Waals surface area contributed by atoms with Crippen molar-refractivity contribution in [3.05, 3.63) is 64.2 Å². The molecule has 0 atom stereocenters. The molecule has 0 unspecified atom stereocenters. The number of benzene rings is 1. The third-order valence-corrected chi connectivity index (χ3v) is 5.04. The third kappa shape index (κ3) is 3.02. The lowest BCUT2D eigenvalue weighted by atomic mass is 10.2. The second-order valence-electron chi connectivity index (χ2n) is 5.93. The zero-order chi connectivity index (χ0) is 17.4.